The van der Waals surface area contributed by atoms with Crippen molar-refractivity contribution in [3.05, 3.63) is 60.3 Å². The van der Waals surface area contributed by atoms with Crippen LogP contribution in [0.5, 0.6) is 0 Å². The van der Waals surface area contributed by atoms with Gasteiger partial charge in [-0.25, -0.2) is 8.42 Å². The molecule has 4 rings (SSSR count). The van der Waals surface area contributed by atoms with Gasteiger partial charge in [0.25, 0.3) is 5.91 Å². The maximum atomic E-state index is 12.9. The molecule has 3 aromatic rings. The molecule has 0 aliphatic carbocycles. The zero-order valence-electron chi connectivity index (χ0n) is 16.5. The van der Waals surface area contributed by atoms with Crippen molar-refractivity contribution in [2.45, 2.75) is 11.8 Å². The molecule has 1 aromatic heterocycles. The number of H-pyrrole nitrogens is 1. The Bertz CT molecular complexity index is 1190. The van der Waals surface area contributed by atoms with Gasteiger partial charge in [0.2, 0.25) is 15.9 Å². The molecular weight excluding hydrogens is 404 g/mol. The van der Waals surface area contributed by atoms with Crippen molar-refractivity contribution < 1.29 is 18.0 Å². The molecule has 0 atom stereocenters. The number of sulfonamides is 1. The van der Waals surface area contributed by atoms with Gasteiger partial charge in [-0.05, 0) is 30.3 Å². The lowest BCUT2D eigenvalue weighted by atomic mass is 10.1. The van der Waals surface area contributed by atoms with Gasteiger partial charge in [-0.15, -0.1) is 0 Å². The predicted octanol–water partition coefficient (Wildman–Crippen LogP) is 2.27. The summed E-state index contributed by atoms with van der Waals surface area (Å²) in [6.45, 7) is 2.48. The quantitative estimate of drug-likeness (QED) is 0.668. The topological polar surface area (TPSA) is 103 Å². The summed E-state index contributed by atoms with van der Waals surface area (Å²) in [4.78, 5) is 29.0. The van der Waals surface area contributed by atoms with Crippen LogP contribution >= 0.6 is 0 Å². The molecule has 156 valence electrons. The summed E-state index contributed by atoms with van der Waals surface area (Å²) in [6.07, 6.45) is 1.70. The van der Waals surface area contributed by atoms with E-state index in [0.717, 1.165) is 10.9 Å². The second kappa shape index (κ2) is 7.92. The smallest absolute Gasteiger partial charge is 0.256 e. The minimum atomic E-state index is -3.67. The molecule has 8 nitrogen and oxygen atoms in total. The van der Waals surface area contributed by atoms with Gasteiger partial charge in [-0.2, -0.15) is 4.31 Å². The number of anilines is 1. The Morgan fingerprint density at radius 3 is 2.30 bits per heavy atom. The first-order valence-corrected chi connectivity index (χ1v) is 11.0. The van der Waals surface area contributed by atoms with E-state index in [9.17, 15) is 18.0 Å². The molecular formula is C21H22N4O4S. The second-order valence-corrected chi connectivity index (χ2v) is 9.09. The minimum absolute atomic E-state index is 0.107. The number of carbonyl (C=O) groups is 2. The number of aromatic nitrogens is 1. The number of carbonyl (C=O) groups excluding carboxylic acids is 2. The normalized spacial score (nSPS) is 15.3. The van der Waals surface area contributed by atoms with Crippen molar-refractivity contribution in [1.82, 2.24) is 14.2 Å². The Morgan fingerprint density at radius 1 is 0.967 bits per heavy atom. The van der Waals surface area contributed by atoms with Crippen molar-refractivity contribution >= 4 is 38.4 Å². The summed E-state index contributed by atoms with van der Waals surface area (Å²) < 4.78 is 27.3. The zero-order valence-corrected chi connectivity index (χ0v) is 17.3. The van der Waals surface area contributed by atoms with Crippen molar-refractivity contribution in [3.8, 4) is 0 Å². The van der Waals surface area contributed by atoms with Gasteiger partial charge in [-0.1, -0.05) is 18.2 Å². The molecule has 0 unspecified atom stereocenters. The van der Waals surface area contributed by atoms with E-state index >= 15 is 0 Å². The fraction of sp³-hybridized carbons (Fsp3) is 0.238. The van der Waals surface area contributed by atoms with Crippen molar-refractivity contribution in [2.75, 3.05) is 31.5 Å². The maximum Gasteiger partial charge on any atom is 0.256 e. The lowest BCUT2D eigenvalue weighted by molar-refractivity contribution is -0.114. The van der Waals surface area contributed by atoms with Crippen LogP contribution in [0.4, 0.5) is 5.69 Å². The number of para-hydroxylation sites is 1. The van der Waals surface area contributed by atoms with Crippen LogP contribution in [0.15, 0.2) is 59.6 Å². The fourth-order valence-corrected chi connectivity index (χ4v) is 5.04. The van der Waals surface area contributed by atoms with E-state index in [1.807, 2.05) is 24.3 Å². The highest BCUT2D eigenvalue weighted by Gasteiger charge is 2.31. The summed E-state index contributed by atoms with van der Waals surface area (Å²) >= 11 is 0. The number of fused-ring (bicyclic) bond motifs is 1. The van der Waals surface area contributed by atoms with Crippen LogP contribution in [0.1, 0.15) is 17.3 Å². The Balaban J connectivity index is 1.44. The standard InChI is InChI=1S/C21H22N4O4S/c1-15(26)23-16-6-8-17(9-7-16)30(28,29)25-12-10-24(11-13-25)21(27)19-14-22-20-5-3-2-4-18(19)20/h2-9,14,22H,10-13H2,1H3,(H,23,26). The molecule has 1 saturated heterocycles. The molecule has 9 heteroatoms. The molecule has 1 fully saturated rings. The van der Waals surface area contributed by atoms with E-state index in [1.165, 1.54) is 23.4 Å². The average molecular weight is 426 g/mol. The number of amides is 2. The van der Waals surface area contributed by atoms with Crippen LogP contribution in [0, 0.1) is 0 Å². The Hall–Kier alpha value is -3.17. The van der Waals surface area contributed by atoms with Crippen LogP contribution in [0.3, 0.4) is 0 Å². The van der Waals surface area contributed by atoms with Crippen LogP contribution in [0.25, 0.3) is 10.9 Å². The predicted molar refractivity (Wildman–Crippen MR) is 114 cm³/mol. The average Bonchev–Trinajstić information content (AvgIpc) is 3.17. The lowest BCUT2D eigenvalue weighted by Crippen LogP contribution is -2.50. The molecule has 2 heterocycles. The number of aromatic amines is 1. The first-order chi connectivity index (χ1) is 14.4. The van der Waals surface area contributed by atoms with E-state index in [0.29, 0.717) is 24.3 Å². The first-order valence-electron chi connectivity index (χ1n) is 9.59. The maximum absolute atomic E-state index is 12.9. The molecule has 0 saturated carbocycles. The van der Waals surface area contributed by atoms with E-state index in [1.54, 1.807) is 23.2 Å². The lowest BCUT2D eigenvalue weighted by Gasteiger charge is -2.34. The van der Waals surface area contributed by atoms with Crippen molar-refractivity contribution in [3.63, 3.8) is 0 Å². The van der Waals surface area contributed by atoms with Crippen LogP contribution in [0.2, 0.25) is 0 Å². The van der Waals surface area contributed by atoms with Crippen molar-refractivity contribution in [2.24, 2.45) is 0 Å². The van der Waals surface area contributed by atoms with Gasteiger partial charge in [0, 0.05) is 55.9 Å². The van der Waals surface area contributed by atoms with Crippen LogP contribution in [-0.2, 0) is 14.8 Å². The third-order valence-electron chi connectivity index (χ3n) is 5.16. The highest BCUT2D eigenvalue weighted by atomic mass is 32.2. The summed E-state index contributed by atoms with van der Waals surface area (Å²) in [7, 11) is -3.67. The molecule has 30 heavy (non-hydrogen) atoms. The number of nitrogens with one attached hydrogen (secondary N) is 2. The Labute approximate surface area is 174 Å². The summed E-state index contributed by atoms with van der Waals surface area (Å²) in [6, 6.07) is 13.7. The van der Waals surface area contributed by atoms with Gasteiger partial charge < -0.3 is 15.2 Å². The Morgan fingerprint density at radius 2 is 1.63 bits per heavy atom. The summed E-state index contributed by atoms with van der Waals surface area (Å²) in [5, 5.41) is 3.47. The van der Waals surface area contributed by atoms with E-state index in [2.05, 4.69) is 10.3 Å². The fourth-order valence-electron chi connectivity index (χ4n) is 3.61. The molecule has 1 aliphatic rings. The molecule has 0 radical (unpaired) electrons. The van der Waals surface area contributed by atoms with Gasteiger partial charge in [0.05, 0.1) is 10.5 Å². The third kappa shape index (κ3) is 3.81. The number of hydrogen-bond acceptors (Lipinski definition) is 4. The largest absolute Gasteiger partial charge is 0.360 e. The molecule has 0 bridgehead atoms. The van der Waals surface area contributed by atoms with Crippen LogP contribution in [-0.4, -0.2) is 60.6 Å². The van der Waals surface area contributed by atoms with Crippen LogP contribution < -0.4 is 5.32 Å². The third-order valence-corrected chi connectivity index (χ3v) is 7.07. The van der Waals surface area contributed by atoms with Gasteiger partial charge in [0.15, 0.2) is 0 Å². The summed E-state index contributed by atoms with van der Waals surface area (Å²) in [5.41, 5.74) is 2.02. The summed E-state index contributed by atoms with van der Waals surface area (Å²) in [5.74, 6) is -0.328. The molecule has 0 spiro atoms. The first kappa shape index (κ1) is 20.1. The van der Waals surface area contributed by atoms with Gasteiger partial charge in [-0.3, -0.25) is 9.59 Å². The number of hydrogen-bond donors (Lipinski definition) is 2. The monoisotopic (exact) mass is 426 g/mol. The number of piperazine rings is 1. The highest BCUT2D eigenvalue weighted by Crippen LogP contribution is 2.23. The van der Waals surface area contributed by atoms with E-state index < -0.39 is 10.0 Å². The highest BCUT2D eigenvalue weighted by molar-refractivity contribution is 7.89. The second-order valence-electron chi connectivity index (χ2n) is 7.15. The number of nitrogens with zero attached hydrogens (tertiary/aromatic N) is 2. The minimum Gasteiger partial charge on any atom is -0.360 e. The van der Waals surface area contributed by atoms with E-state index in [4.69, 9.17) is 0 Å². The van der Waals surface area contributed by atoms with E-state index in [-0.39, 0.29) is 29.8 Å². The van der Waals surface area contributed by atoms with Gasteiger partial charge in [0.1, 0.15) is 0 Å². The Kier molecular flexibility index (Phi) is 5.31. The molecule has 2 amide bonds. The van der Waals surface area contributed by atoms with Gasteiger partial charge >= 0.3 is 0 Å². The van der Waals surface area contributed by atoms with Crippen molar-refractivity contribution in [1.29, 1.82) is 0 Å². The molecule has 2 aromatic carbocycles. The SMILES string of the molecule is CC(=O)Nc1ccc(S(=O)(=O)N2CCN(C(=O)c3c[nH]c4ccccc34)CC2)cc1. The molecule has 1 aliphatic heterocycles. The zero-order chi connectivity index (χ0) is 21.3. The number of rotatable bonds is 4. The number of benzene rings is 2. The molecule has 2 N–H and O–H groups in total.